The van der Waals surface area contributed by atoms with Gasteiger partial charge in [0.15, 0.2) is 0 Å². The molecule has 2 atom stereocenters. The van der Waals surface area contributed by atoms with Gasteiger partial charge in [0.05, 0.1) is 5.69 Å². The summed E-state index contributed by atoms with van der Waals surface area (Å²) in [7, 11) is 1.91. The SMILES string of the molecule is Cc1cc(CN2Cc3ccc(-c4noc(C(F)(F)F)n4)cc3C3OC32)nn1C. The van der Waals surface area contributed by atoms with E-state index in [0.717, 1.165) is 22.5 Å². The Kier molecular flexibility index (Phi) is 3.65. The van der Waals surface area contributed by atoms with Crippen molar-refractivity contribution in [2.24, 2.45) is 7.05 Å². The number of rotatable bonds is 3. The van der Waals surface area contributed by atoms with Gasteiger partial charge in [0.25, 0.3) is 0 Å². The van der Waals surface area contributed by atoms with E-state index in [2.05, 4.69) is 24.7 Å². The van der Waals surface area contributed by atoms with Gasteiger partial charge in [0.2, 0.25) is 5.82 Å². The van der Waals surface area contributed by atoms with Gasteiger partial charge in [-0.25, -0.2) is 0 Å². The third-order valence-electron chi connectivity index (χ3n) is 5.11. The van der Waals surface area contributed by atoms with Crippen molar-refractivity contribution in [1.82, 2.24) is 24.8 Å². The molecule has 28 heavy (non-hydrogen) atoms. The van der Waals surface area contributed by atoms with Crippen molar-refractivity contribution in [2.75, 3.05) is 0 Å². The van der Waals surface area contributed by atoms with Gasteiger partial charge in [0, 0.05) is 31.4 Å². The Balaban J connectivity index is 1.39. The van der Waals surface area contributed by atoms with Crippen LogP contribution in [0.1, 0.15) is 34.5 Å². The van der Waals surface area contributed by atoms with Crippen molar-refractivity contribution >= 4 is 0 Å². The molecule has 0 radical (unpaired) electrons. The number of fused-ring (bicyclic) bond motifs is 3. The summed E-state index contributed by atoms with van der Waals surface area (Å²) >= 11 is 0. The van der Waals surface area contributed by atoms with Gasteiger partial charge in [0.1, 0.15) is 12.3 Å². The van der Waals surface area contributed by atoms with Crippen LogP contribution in [-0.2, 0) is 31.1 Å². The highest BCUT2D eigenvalue weighted by atomic mass is 19.4. The lowest BCUT2D eigenvalue weighted by Crippen LogP contribution is -2.30. The van der Waals surface area contributed by atoms with Crippen molar-refractivity contribution in [3.63, 3.8) is 0 Å². The van der Waals surface area contributed by atoms with Gasteiger partial charge in [-0.2, -0.15) is 23.3 Å². The largest absolute Gasteiger partial charge is 0.471 e. The molecule has 1 saturated heterocycles. The summed E-state index contributed by atoms with van der Waals surface area (Å²) in [6.45, 7) is 3.35. The van der Waals surface area contributed by atoms with E-state index in [1.54, 1.807) is 12.1 Å². The molecule has 3 aromatic rings. The molecule has 0 N–H and O–H groups in total. The van der Waals surface area contributed by atoms with Crippen molar-refractivity contribution in [2.45, 2.75) is 38.5 Å². The second-order valence-electron chi connectivity index (χ2n) is 7.09. The van der Waals surface area contributed by atoms with Crippen LogP contribution in [-0.4, -0.2) is 31.0 Å². The van der Waals surface area contributed by atoms with Gasteiger partial charge >= 0.3 is 12.1 Å². The van der Waals surface area contributed by atoms with Crippen LogP contribution >= 0.6 is 0 Å². The maximum atomic E-state index is 12.7. The monoisotopic (exact) mass is 391 g/mol. The molecule has 0 spiro atoms. The molecule has 0 saturated carbocycles. The number of ether oxygens (including phenoxy) is 1. The average molecular weight is 391 g/mol. The van der Waals surface area contributed by atoms with Gasteiger partial charge < -0.3 is 9.26 Å². The zero-order valence-electron chi connectivity index (χ0n) is 15.1. The predicted molar refractivity (Wildman–Crippen MR) is 89.5 cm³/mol. The van der Waals surface area contributed by atoms with Crippen molar-refractivity contribution in [3.8, 4) is 11.4 Å². The fourth-order valence-electron chi connectivity index (χ4n) is 3.58. The first-order valence-electron chi connectivity index (χ1n) is 8.73. The molecule has 7 nitrogen and oxygen atoms in total. The van der Waals surface area contributed by atoms with Crippen LogP contribution in [0.4, 0.5) is 13.2 Å². The molecule has 2 aromatic heterocycles. The number of aryl methyl sites for hydroxylation is 2. The zero-order chi connectivity index (χ0) is 19.6. The standard InChI is InChI=1S/C18H16F3N5O2/c1-9-5-12(23-25(9)2)8-26-7-11-4-3-10(6-13(11)14-16(26)27-14)15-22-17(28-24-15)18(19,20)21/h3-6,14,16H,7-8H2,1-2H3. The Labute approximate surface area is 157 Å². The third-order valence-corrected chi connectivity index (χ3v) is 5.11. The number of epoxide rings is 1. The van der Waals surface area contributed by atoms with Crippen molar-refractivity contribution in [1.29, 1.82) is 0 Å². The second-order valence-corrected chi connectivity index (χ2v) is 7.09. The number of nitrogens with zero attached hydrogens (tertiary/aromatic N) is 5. The molecule has 4 heterocycles. The molecular weight excluding hydrogens is 375 g/mol. The minimum atomic E-state index is -4.66. The Morgan fingerprint density at radius 1 is 1.25 bits per heavy atom. The van der Waals surface area contributed by atoms with Crippen LogP contribution in [0, 0.1) is 6.92 Å². The van der Waals surface area contributed by atoms with E-state index in [9.17, 15) is 13.2 Å². The number of hydrogen-bond acceptors (Lipinski definition) is 6. The fourth-order valence-corrected chi connectivity index (χ4v) is 3.58. The molecule has 0 aliphatic carbocycles. The maximum Gasteiger partial charge on any atom is 0.471 e. The Morgan fingerprint density at radius 3 is 2.75 bits per heavy atom. The van der Waals surface area contributed by atoms with Crippen molar-refractivity contribution in [3.05, 3.63) is 52.7 Å². The smallest absolute Gasteiger partial charge is 0.348 e. The maximum absolute atomic E-state index is 12.7. The van der Waals surface area contributed by atoms with Crippen LogP contribution in [0.15, 0.2) is 28.8 Å². The number of aromatic nitrogens is 4. The third kappa shape index (κ3) is 2.89. The molecule has 146 valence electrons. The topological polar surface area (TPSA) is 72.5 Å². The molecule has 1 aromatic carbocycles. The van der Waals surface area contributed by atoms with E-state index in [0.29, 0.717) is 18.7 Å². The minimum absolute atomic E-state index is 0.0546. The highest BCUT2D eigenvalue weighted by Crippen LogP contribution is 2.48. The molecule has 2 unspecified atom stereocenters. The van der Waals surface area contributed by atoms with E-state index in [-0.39, 0.29) is 18.2 Å². The molecule has 0 bridgehead atoms. The summed E-state index contributed by atoms with van der Waals surface area (Å²) < 4.78 is 50.0. The first-order valence-corrected chi connectivity index (χ1v) is 8.73. The summed E-state index contributed by atoms with van der Waals surface area (Å²) in [6.07, 6.45) is -4.82. The van der Waals surface area contributed by atoms with E-state index in [1.165, 1.54) is 0 Å². The van der Waals surface area contributed by atoms with Crippen molar-refractivity contribution < 1.29 is 22.4 Å². The number of alkyl halides is 3. The minimum Gasteiger partial charge on any atom is -0.348 e. The number of halogens is 3. The summed E-state index contributed by atoms with van der Waals surface area (Å²) in [5, 5.41) is 7.94. The van der Waals surface area contributed by atoms with Gasteiger partial charge in [-0.15, -0.1) is 0 Å². The molecule has 10 heteroatoms. The lowest BCUT2D eigenvalue weighted by Gasteiger charge is -2.24. The van der Waals surface area contributed by atoms with Crippen LogP contribution in [0.3, 0.4) is 0 Å². The van der Waals surface area contributed by atoms with E-state index < -0.39 is 12.1 Å². The van der Waals surface area contributed by atoms with Crippen LogP contribution in [0.2, 0.25) is 0 Å². The Bertz CT molecular complexity index is 1040. The first kappa shape index (κ1) is 17.4. The summed E-state index contributed by atoms with van der Waals surface area (Å²) in [6, 6.07) is 7.41. The lowest BCUT2D eigenvalue weighted by molar-refractivity contribution is -0.159. The van der Waals surface area contributed by atoms with Gasteiger partial charge in [-0.05, 0) is 30.2 Å². The molecule has 2 aliphatic rings. The second kappa shape index (κ2) is 5.89. The molecular formula is C18H16F3N5O2. The average Bonchev–Trinajstić information content (AvgIpc) is 3.16. The van der Waals surface area contributed by atoms with Gasteiger partial charge in [-0.1, -0.05) is 17.3 Å². The zero-order valence-corrected chi connectivity index (χ0v) is 15.1. The Morgan fingerprint density at radius 2 is 2.07 bits per heavy atom. The highest BCUT2D eigenvalue weighted by molar-refractivity contribution is 5.58. The predicted octanol–water partition coefficient (Wildman–Crippen LogP) is 3.21. The van der Waals surface area contributed by atoms with Crippen LogP contribution < -0.4 is 0 Å². The Hall–Kier alpha value is -2.72. The molecule has 5 rings (SSSR count). The van der Waals surface area contributed by atoms with E-state index >= 15 is 0 Å². The van der Waals surface area contributed by atoms with E-state index in [1.807, 2.05) is 30.8 Å². The summed E-state index contributed by atoms with van der Waals surface area (Å²) in [5.74, 6) is -1.43. The quantitative estimate of drug-likeness (QED) is 0.639. The van der Waals surface area contributed by atoms with E-state index in [4.69, 9.17) is 4.74 Å². The molecule has 2 aliphatic heterocycles. The summed E-state index contributed by atoms with van der Waals surface area (Å²) in [5.41, 5.74) is 4.55. The highest BCUT2D eigenvalue weighted by Gasteiger charge is 2.49. The number of benzene rings is 1. The van der Waals surface area contributed by atoms with Gasteiger partial charge in [-0.3, -0.25) is 9.58 Å². The normalized spacial score (nSPS) is 21.5. The fraction of sp³-hybridized carbons (Fsp3) is 0.389. The van der Waals surface area contributed by atoms with Crippen LogP contribution in [0.5, 0.6) is 0 Å². The molecule has 0 amide bonds. The summed E-state index contributed by atoms with van der Waals surface area (Å²) in [4.78, 5) is 5.66. The van der Waals surface area contributed by atoms with Crippen LogP contribution in [0.25, 0.3) is 11.4 Å². The number of hydrogen-bond donors (Lipinski definition) is 0. The first-order chi connectivity index (χ1) is 13.3. The lowest BCUT2D eigenvalue weighted by atomic mass is 9.97. The molecule has 1 fully saturated rings.